The Morgan fingerprint density at radius 2 is 2.05 bits per heavy atom. The van der Waals surface area contributed by atoms with E-state index in [1.165, 1.54) is 19.3 Å². The highest BCUT2D eigenvalue weighted by atomic mass is 16.1. The van der Waals surface area contributed by atoms with E-state index in [1.54, 1.807) is 10.6 Å². The molecule has 0 atom stereocenters. The first-order valence-electron chi connectivity index (χ1n) is 6.98. The number of hydrogen-bond acceptors (Lipinski definition) is 2. The molecule has 1 aliphatic rings. The number of aryl methyl sites for hydroxylation is 1. The molecule has 1 heterocycles. The first-order valence-corrected chi connectivity index (χ1v) is 6.98. The Bertz CT molecular complexity index is 668. The molecule has 0 spiro atoms. The van der Waals surface area contributed by atoms with E-state index in [-0.39, 0.29) is 5.56 Å². The molecule has 0 saturated heterocycles. The highest BCUT2D eigenvalue weighted by Gasteiger charge is 2.40. The highest BCUT2D eigenvalue weighted by molar-refractivity contribution is 5.91. The van der Waals surface area contributed by atoms with Crippen molar-refractivity contribution in [3.63, 3.8) is 0 Å². The summed E-state index contributed by atoms with van der Waals surface area (Å²) < 4.78 is 1.70. The lowest BCUT2D eigenvalue weighted by atomic mass is 10.0. The minimum Gasteiger partial charge on any atom is -0.384 e. The van der Waals surface area contributed by atoms with Crippen LogP contribution in [-0.4, -0.2) is 11.1 Å². The fourth-order valence-corrected chi connectivity index (χ4v) is 2.67. The van der Waals surface area contributed by atoms with Gasteiger partial charge in [-0.2, -0.15) is 0 Å². The van der Waals surface area contributed by atoms with Crippen molar-refractivity contribution in [2.45, 2.75) is 26.2 Å². The summed E-state index contributed by atoms with van der Waals surface area (Å²) in [5, 5.41) is 4.62. The third kappa shape index (κ3) is 2.14. The Balaban J connectivity index is 1.99. The molecule has 1 saturated carbocycles. The minimum absolute atomic E-state index is 0.0440. The number of para-hydroxylation sites is 1. The number of anilines is 1. The van der Waals surface area contributed by atoms with Crippen molar-refractivity contribution in [3.05, 3.63) is 40.7 Å². The second kappa shape index (κ2) is 4.41. The molecule has 1 aliphatic carbocycles. The molecule has 19 heavy (non-hydrogen) atoms. The standard InChI is InChI=1S/C16H20N2O/c1-3-16(8-9-16)11-17-13-10-15(19)18(2)14-7-5-4-6-12(13)14/h4-7,10,17H,3,8-9,11H2,1-2H3. The van der Waals surface area contributed by atoms with Crippen LogP contribution in [0.4, 0.5) is 5.69 Å². The third-order valence-electron chi connectivity index (χ3n) is 4.51. The van der Waals surface area contributed by atoms with Gasteiger partial charge in [-0.1, -0.05) is 25.1 Å². The maximum Gasteiger partial charge on any atom is 0.252 e. The summed E-state index contributed by atoms with van der Waals surface area (Å²) in [5.74, 6) is 0. The van der Waals surface area contributed by atoms with Gasteiger partial charge >= 0.3 is 0 Å². The van der Waals surface area contributed by atoms with E-state index >= 15 is 0 Å². The lowest BCUT2D eigenvalue weighted by molar-refractivity contribution is 0.521. The molecular weight excluding hydrogens is 236 g/mol. The predicted molar refractivity (Wildman–Crippen MR) is 79.6 cm³/mol. The van der Waals surface area contributed by atoms with Crippen LogP contribution in [0.1, 0.15) is 26.2 Å². The van der Waals surface area contributed by atoms with Gasteiger partial charge in [0.1, 0.15) is 0 Å². The predicted octanol–water partition coefficient (Wildman–Crippen LogP) is 3.14. The van der Waals surface area contributed by atoms with E-state index in [1.807, 2.05) is 25.2 Å². The number of pyridine rings is 1. The van der Waals surface area contributed by atoms with Gasteiger partial charge in [0, 0.05) is 30.7 Å². The first kappa shape index (κ1) is 12.3. The van der Waals surface area contributed by atoms with E-state index in [9.17, 15) is 4.79 Å². The minimum atomic E-state index is 0.0440. The summed E-state index contributed by atoms with van der Waals surface area (Å²) in [6.45, 7) is 3.22. The topological polar surface area (TPSA) is 34.0 Å². The number of fused-ring (bicyclic) bond motifs is 1. The number of nitrogens with zero attached hydrogens (tertiary/aromatic N) is 1. The molecule has 2 aromatic rings. The SMILES string of the molecule is CCC1(CNc2cc(=O)n(C)c3ccccc23)CC1. The Labute approximate surface area is 113 Å². The van der Waals surface area contributed by atoms with Gasteiger partial charge in [0.15, 0.2) is 0 Å². The lowest BCUT2D eigenvalue weighted by Gasteiger charge is -2.16. The normalized spacial score (nSPS) is 16.5. The fourth-order valence-electron chi connectivity index (χ4n) is 2.67. The molecule has 1 aromatic heterocycles. The smallest absolute Gasteiger partial charge is 0.252 e. The van der Waals surface area contributed by atoms with Crippen LogP contribution in [0.15, 0.2) is 35.1 Å². The zero-order chi connectivity index (χ0) is 13.5. The summed E-state index contributed by atoms with van der Waals surface area (Å²) in [7, 11) is 1.82. The average Bonchev–Trinajstić information content (AvgIpc) is 3.22. The molecule has 0 bridgehead atoms. The summed E-state index contributed by atoms with van der Waals surface area (Å²) in [4.78, 5) is 12.0. The maximum atomic E-state index is 12.0. The molecule has 1 aromatic carbocycles. The van der Waals surface area contributed by atoms with E-state index in [4.69, 9.17) is 0 Å². The fraction of sp³-hybridized carbons (Fsp3) is 0.438. The maximum absolute atomic E-state index is 12.0. The van der Waals surface area contributed by atoms with E-state index in [0.29, 0.717) is 5.41 Å². The Morgan fingerprint density at radius 1 is 1.32 bits per heavy atom. The lowest BCUT2D eigenvalue weighted by Crippen LogP contribution is -2.20. The molecule has 0 radical (unpaired) electrons. The van der Waals surface area contributed by atoms with Gasteiger partial charge in [-0.3, -0.25) is 4.79 Å². The van der Waals surface area contributed by atoms with Crippen LogP contribution in [0.2, 0.25) is 0 Å². The van der Waals surface area contributed by atoms with Gasteiger partial charge in [0.25, 0.3) is 5.56 Å². The van der Waals surface area contributed by atoms with Gasteiger partial charge in [0.2, 0.25) is 0 Å². The zero-order valence-corrected chi connectivity index (χ0v) is 11.6. The summed E-state index contributed by atoms with van der Waals surface area (Å²) >= 11 is 0. The molecule has 1 fully saturated rings. The number of benzene rings is 1. The summed E-state index contributed by atoms with van der Waals surface area (Å²) in [6.07, 6.45) is 3.82. The summed E-state index contributed by atoms with van der Waals surface area (Å²) in [5.41, 5.74) is 2.47. The van der Waals surface area contributed by atoms with Crippen molar-refractivity contribution in [2.75, 3.05) is 11.9 Å². The van der Waals surface area contributed by atoms with E-state index in [0.717, 1.165) is 23.1 Å². The molecule has 3 nitrogen and oxygen atoms in total. The number of hydrogen-bond donors (Lipinski definition) is 1. The molecule has 0 unspecified atom stereocenters. The molecular formula is C16H20N2O. The number of rotatable bonds is 4. The van der Waals surface area contributed by atoms with Crippen LogP contribution >= 0.6 is 0 Å². The molecule has 0 aliphatic heterocycles. The van der Waals surface area contributed by atoms with Gasteiger partial charge in [-0.25, -0.2) is 0 Å². The molecule has 100 valence electrons. The van der Waals surface area contributed by atoms with Crippen molar-refractivity contribution in [2.24, 2.45) is 12.5 Å². The van der Waals surface area contributed by atoms with Crippen LogP contribution in [0.25, 0.3) is 10.9 Å². The van der Waals surface area contributed by atoms with Crippen molar-refractivity contribution >= 4 is 16.6 Å². The van der Waals surface area contributed by atoms with Gasteiger partial charge < -0.3 is 9.88 Å². The van der Waals surface area contributed by atoms with Gasteiger partial charge in [-0.05, 0) is 30.7 Å². The van der Waals surface area contributed by atoms with Crippen LogP contribution < -0.4 is 10.9 Å². The first-order chi connectivity index (χ1) is 9.15. The van der Waals surface area contributed by atoms with Gasteiger partial charge in [-0.15, -0.1) is 0 Å². The Morgan fingerprint density at radius 3 is 2.74 bits per heavy atom. The third-order valence-corrected chi connectivity index (χ3v) is 4.51. The Hall–Kier alpha value is -1.77. The number of aromatic nitrogens is 1. The largest absolute Gasteiger partial charge is 0.384 e. The molecule has 3 rings (SSSR count). The van der Waals surface area contributed by atoms with Crippen molar-refractivity contribution in [1.29, 1.82) is 0 Å². The average molecular weight is 256 g/mol. The van der Waals surface area contributed by atoms with Crippen LogP contribution in [-0.2, 0) is 7.05 Å². The highest BCUT2D eigenvalue weighted by Crippen LogP contribution is 2.48. The van der Waals surface area contributed by atoms with Crippen molar-refractivity contribution < 1.29 is 0 Å². The second-order valence-corrected chi connectivity index (χ2v) is 5.68. The second-order valence-electron chi connectivity index (χ2n) is 5.68. The molecule has 0 amide bonds. The van der Waals surface area contributed by atoms with Gasteiger partial charge in [0.05, 0.1) is 5.52 Å². The van der Waals surface area contributed by atoms with E-state index < -0.39 is 0 Å². The monoisotopic (exact) mass is 256 g/mol. The Kier molecular flexibility index (Phi) is 2.85. The number of nitrogens with one attached hydrogen (secondary N) is 1. The van der Waals surface area contributed by atoms with Crippen LogP contribution in [0.5, 0.6) is 0 Å². The molecule has 1 N–H and O–H groups in total. The van der Waals surface area contributed by atoms with Crippen LogP contribution in [0.3, 0.4) is 0 Å². The summed E-state index contributed by atoms with van der Waals surface area (Å²) in [6, 6.07) is 9.77. The quantitative estimate of drug-likeness (QED) is 0.911. The van der Waals surface area contributed by atoms with Crippen LogP contribution in [0, 0.1) is 5.41 Å². The zero-order valence-electron chi connectivity index (χ0n) is 11.6. The van der Waals surface area contributed by atoms with Crippen molar-refractivity contribution in [1.82, 2.24) is 4.57 Å². The molecule has 3 heteroatoms. The van der Waals surface area contributed by atoms with Crippen molar-refractivity contribution in [3.8, 4) is 0 Å². The van der Waals surface area contributed by atoms with E-state index in [2.05, 4.69) is 18.3 Å².